The van der Waals surface area contributed by atoms with Gasteiger partial charge in [0.15, 0.2) is 0 Å². The molecule has 0 aliphatic heterocycles. The van der Waals surface area contributed by atoms with Crippen LogP contribution in [0.4, 0.5) is 13.2 Å². The Kier molecular flexibility index (Phi) is 7.32. The lowest BCUT2D eigenvalue weighted by Gasteiger charge is -2.16. The predicted octanol–water partition coefficient (Wildman–Crippen LogP) is 3.54. The highest BCUT2D eigenvalue weighted by atomic mass is 28.3. The van der Waals surface area contributed by atoms with Crippen LogP contribution in [0.15, 0.2) is 12.3 Å². The van der Waals surface area contributed by atoms with Crippen LogP contribution in [0.5, 0.6) is 5.88 Å². The van der Waals surface area contributed by atoms with E-state index in [1.54, 1.807) is 0 Å². The van der Waals surface area contributed by atoms with E-state index in [1.165, 1.54) is 13.1 Å². The number of hydrogen-bond acceptors (Lipinski definition) is 4. The summed E-state index contributed by atoms with van der Waals surface area (Å²) in [7, 11) is -1.25. The first-order valence-electron chi connectivity index (χ1n) is 6.17. The fourth-order valence-electron chi connectivity index (χ4n) is 1.35. The molecular formula is C13H18F3NO3Si. The van der Waals surface area contributed by atoms with Gasteiger partial charge in [0.05, 0.1) is 12.2 Å². The summed E-state index contributed by atoms with van der Waals surface area (Å²) in [5, 5.41) is 0. The third-order valence-electron chi connectivity index (χ3n) is 2.49. The standard InChI is InChI=1S/C12H18F3NOSi.CO2/c1-9-8-16-11(7-10(9)12(13,14)15)17-5-6-18(2,3)4;2-1-3/h7-8H,5-6H2,1-4H3;. The molecule has 0 unspecified atom stereocenters. The zero-order chi connectivity index (χ0) is 16.7. The van der Waals surface area contributed by atoms with Crippen molar-refractivity contribution >= 4 is 14.2 Å². The van der Waals surface area contributed by atoms with Gasteiger partial charge < -0.3 is 4.74 Å². The molecule has 1 aromatic heterocycles. The molecular weight excluding hydrogens is 303 g/mol. The van der Waals surface area contributed by atoms with Crippen molar-refractivity contribution in [2.24, 2.45) is 0 Å². The van der Waals surface area contributed by atoms with Gasteiger partial charge in [0.1, 0.15) is 0 Å². The molecule has 0 spiro atoms. The average molecular weight is 321 g/mol. The summed E-state index contributed by atoms with van der Waals surface area (Å²) in [4.78, 5) is 20.1. The van der Waals surface area contributed by atoms with Gasteiger partial charge in [0, 0.05) is 20.3 Å². The molecule has 0 aliphatic carbocycles. The normalized spacial score (nSPS) is 11.2. The molecule has 0 atom stereocenters. The number of carbonyl (C=O) groups excluding carboxylic acids is 2. The molecule has 0 fully saturated rings. The van der Waals surface area contributed by atoms with E-state index in [0.29, 0.717) is 6.61 Å². The van der Waals surface area contributed by atoms with Gasteiger partial charge in [0.2, 0.25) is 5.88 Å². The topological polar surface area (TPSA) is 56.3 Å². The molecule has 118 valence electrons. The van der Waals surface area contributed by atoms with E-state index in [9.17, 15) is 13.2 Å². The number of halogens is 3. The first-order chi connectivity index (χ1) is 9.51. The van der Waals surface area contributed by atoms with Gasteiger partial charge in [-0.1, -0.05) is 19.6 Å². The Hall–Kier alpha value is -1.66. The lowest BCUT2D eigenvalue weighted by atomic mass is 10.1. The van der Waals surface area contributed by atoms with Crippen LogP contribution in [0.2, 0.25) is 25.7 Å². The molecule has 21 heavy (non-hydrogen) atoms. The quantitative estimate of drug-likeness (QED) is 0.796. The molecule has 0 N–H and O–H groups in total. The van der Waals surface area contributed by atoms with Crippen LogP contribution in [-0.2, 0) is 15.8 Å². The smallest absolute Gasteiger partial charge is 0.416 e. The highest BCUT2D eigenvalue weighted by Crippen LogP contribution is 2.33. The van der Waals surface area contributed by atoms with Crippen molar-refractivity contribution in [3.8, 4) is 5.88 Å². The molecule has 1 rings (SSSR count). The third-order valence-corrected chi connectivity index (χ3v) is 4.19. The Morgan fingerprint density at radius 3 is 2.24 bits per heavy atom. The maximum Gasteiger partial charge on any atom is 0.416 e. The maximum atomic E-state index is 12.7. The minimum Gasteiger partial charge on any atom is -0.478 e. The number of alkyl halides is 3. The van der Waals surface area contributed by atoms with E-state index >= 15 is 0 Å². The lowest BCUT2D eigenvalue weighted by molar-refractivity contribution is -0.191. The molecule has 0 amide bonds. The molecule has 0 bridgehead atoms. The molecule has 0 radical (unpaired) electrons. The van der Waals surface area contributed by atoms with Crippen molar-refractivity contribution in [2.75, 3.05) is 6.61 Å². The first-order valence-corrected chi connectivity index (χ1v) is 9.88. The van der Waals surface area contributed by atoms with Crippen LogP contribution in [0.25, 0.3) is 0 Å². The molecule has 0 aromatic carbocycles. The zero-order valence-corrected chi connectivity index (χ0v) is 13.4. The summed E-state index contributed by atoms with van der Waals surface area (Å²) in [6, 6.07) is 1.86. The molecule has 1 aromatic rings. The second kappa shape index (κ2) is 7.95. The predicted molar refractivity (Wildman–Crippen MR) is 72.6 cm³/mol. The number of aryl methyl sites for hydroxylation is 1. The van der Waals surface area contributed by atoms with E-state index in [-0.39, 0.29) is 17.6 Å². The van der Waals surface area contributed by atoms with Crippen LogP contribution in [-0.4, -0.2) is 25.8 Å². The number of ether oxygens (including phenoxy) is 1. The number of hydrogen-bond donors (Lipinski definition) is 0. The minimum atomic E-state index is -4.36. The third kappa shape index (κ3) is 8.26. The van der Waals surface area contributed by atoms with Crippen molar-refractivity contribution in [2.45, 2.75) is 38.8 Å². The summed E-state index contributed by atoms with van der Waals surface area (Å²) < 4.78 is 43.3. The fourth-order valence-corrected chi connectivity index (χ4v) is 2.07. The van der Waals surface area contributed by atoms with Gasteiger partial charge in [-0.25, -0.2) is 4.98 Å². The largest absolute Gasteiger partial charge is 0.478 e. The first kappa shape index (κ1) is 19.3. The molecule has 0 aliphatic rings. The summed E-state index contributed by atoms with van der Waals surface area (Å²) in [5.41, 5.74) is -0.569. The van der Waals surface area contributed by atoms with E-state index in [1.807, 2.05) is 0 Å². The van der Waals surface area contributed by atoms with Crippen LogP contribution >= 0.6 is 0 Å². The van der Waals surface area contributed by atoms with E-state index in [4.69, 9.17) is 14.3 Å². The highest BCUT2D eigenvalue weighted by Gasteiger charge is 2.33. The van der Waals surface area contributed by atoms with Gasteiger partial charge in [-0.15, -0.1) is 0 Å². The molecule has 4 nitrogen and oxygen atoms in total. The minimum absolute atomic E-state index is 0.0474. The summed E-state index contributed by atoms with van der Waals surface area (Å²) in [5.74, 6) is 0.0474. The van der Waals surface area contributed by atoms with Crippen molar-refractivity contribution in [3.63, 3.8) is 0 Å². The van der Waals surface area contributed by atoms with Crippen molar-refractivity contribution < 1.29 is 27.5 Å². The molecule has 8 heteroatoms. The Bertz CT molecular complexity index is 492. The Labute approximate surface area is 122 Å². The van der Waals surface area contributed by atoms with E-state index in [0.717, 1.165) is 12.1 Å². The number of aromatic nitrogens is 1. The Morgan fingerprint density at radius 1 is 1.29 bits per heavy atom. The van der Waals surface area contributed by atoms with Gasteiger partial charge in [-0.2, -0.15) is 22.8 Å². The lowest BCUT2D eigenvalue weighted by Crippen LogP contribution is -2.22. The maximum absolute atomic E-state index is 12.7. The van der Waals surface area contributed by atoms with Crippen LogP contribution < -0.4 is 4.74 Å². The van der Waals surface area contributed by atoms with Gasteiger partial charge >= 0.3 is 12.3 Å². The van der Waals surface area contributed by atoms with E-state index < -0.39 is 19.8 Å². The number of rotatable bonds is 4. The monoisotopic (exact) mass is 321 g/mol. The second-order valence-electron chi connectivity index (χ2n) is 5.58. The van der Waals surface area contributed by atoms with Crippen molar-refractivity contribution in [1.29, 1.82) is 0 Å². The molecule has 1 heterocycles. The average Bonchev–Trinajstić information content (AvgIpc) is 2.29. The van der Waals surface area contributed by atoms with Crippen LogP contribution in [0.1, 0.15) is 11.1 Å². The fraction of sp³-hybridized carbons (Fsp3) is 0.538. The summed E-state index contributed by atoms with van der Waals surface area (Å²) in [6.45, 7) is 8.35. The Balaban J connectivity index is 0.00000122. The van der Waals surface area contributed by atoms with Crippen molar-refractivity contribution in [3.05, 3.63) is 23.4 Å². The van der Waals surface area contributed by atoms with Crippen LogP contribution in [0, 0.1) is 6.92 Å². The Morgan fingerprint density at radius 2 is 1.81 bits per heavy atom. The van der Waals surface area contributed by atoms with Gasteiger partial charge in [-0.05, 0) is 18.5 Å². The van der Waals surface area contributed by atoms with E-state index in [2.05, 4.69) is 24.6 Å². The molecule has 0 saturated heterocycles. The van der Waals surface area contributed by atoms with Gasteiger partial charge in [0.25, 0.3) is 0 Å². The molecule has 0 saturated carbocycles. The number of nitrogens with zero attached hydrogens (tertiary/aromatic N) is 1. The van der Waals surface area contributed by atoms with Crippen LogP contribution in [0.3, 0.4) is 0 Å². The highest BCUT2D eigenvalue weighted by molar-refractivity contribution is 6.76. The number of pyridine rings is 1. The van der Waals surface area contributed by atoms with Crippen molar-refractivity contribution in [1.82, 2.24) is 4.98 Å². The summed E-state index contributed by atoms with van der Waals surface area (Å²) >= 11 is 0. The second-order valence-corrected chi connectivity index (χ2v) is 11.2. The zero-order valence-electron chi connectivity index (χ0n) is 12.4. The SMILES string of the molecule is Cc1cnc(OCC[Si](C)(C)C)cc1C(F)(F)F.O=C=O. The van der Waals surface area contributed by atoms with Gasteiger partial charge in [-0.3, -0.25) is 0 Å². The summed E-state index contributed by atoms with van der Waals surface area (Å²) in [6.07, 6.45) is -2.91.